The molecule has 0 aromatic carbocycles. The van der Waals surface area contributed by atoms with Crippen molar-refractivity contribution < 1.29 is 14.3 Å². The van der Waals surface area contributed by atoms with Gasteiger partial charge >= 0.3 is 5.97 Å². The molecule has 1 atom stereocenters. The van der Waals surface area contributed by atoms with E-state index in [2.05, 4.69) is 15.0 Å². The van der Waals surface area contributed by atoms with Gasteiger partial charge in [-0.3, -0.25) is 4.79 Å². The normalized spacial score (nSPS) is 11.9. The number of carbonyl (C=O) groups is 2. The van der Waals surface area contributed by atoms with Crippen LogP contribution in [0, 0.1) is 0 Å². The van der Waals surface area contributed by atoms with E-state index in [4.69, 9.17) is 5.73 Å². The van der Waals surface area contributed by atoms with Crippen molar-refractivity contribution in [2.24, 2.45) is 12.8 Å². The average molecular weight is 240 g/mol. The SMILES string of the molecule is CCOC(=O)C(N)C(=O)NCc1nccn1C. The molecule has 0 aliphatic carbocycles. The predicted molar refractivity (Wildman–Crippen MR) is 59.7 cm³/mol. The fourth-order valence-electron chi connectivity index (χ4n) is 1.18. The highest BCUT2D eigenvalue weighted by Gasteiger charge is 2.23. The predicted octanol–water partition coefficient (Wildman–Crippen LogP) is -1.07. The van der Waals surface area contributed by atoms with E-state index < -0.39 is 17.9 Å². The van der Waals surface area contributed by atoms with Gasteiger partial charge in [0.05, 0.1) is 13.2 Å². The second-order valence-corrected chi connectivity index (χ2v) is 3.40. The van der Waals surface area contributed by atoms with E-state index in [0.29, 0.717) is 5.82 Å². The van der Waals surface area contributed by atoms with E-state index in [1.54, 1.807) is 30.9 Å². The Kier molecular flexibility index (Phi) is 4.65. The largest absolute Gasteiger partial charge is 0.464 e. The first-order valence-electron chi connectivity index (χ1n) is 5.22. The lowest BCUT2D eigenvalue weighted by Gasteiger charge is -2.10. The van der Waals surface area contributed by atoms with Crippen molar-refractivity contribution in [1.29, 1.82) is 0 Å². The summed E-state index contributed by atoms with van der Waals surface area (Å²) in [5.74, 6) is -0.634. The van der Waals surface area contributed by atoms with Crippen LogP contribution in [-0.4, -0.2) is 34.1 Å². The van der Waals surface area contributed by atoms with Gasteiger partial charge in [-0.05, 0) is 6.92 Å². The van der Waals surface area contributed by atoms with Crippen LogP contribution in [-0.2, 0) is 27.9 Å². The molecule has 0 saturated heterocycles. The van der Waals surface area contributed by atoms with Gasteiger partial charge < -0.3 is 20.4 Å². The summed E-state index contributed by atoms with van der Waals surface area (Å²) in [4.78, 5) is 26.7. The van der Waals surface area contributed by atoms with Crippen molar-refractivity contribution >= 4 is 11.9 Å². The molecular formula is C10H16N4O3. The number of hydrogen-bond acceptors (Lipinski definition) is 5. The lowest BCUT2D eigenvalue weighted by Crippen LogP contribution is -2.46. The Hall–Kier alpha value is -1.89. The van der Waals surface area contributed by atoms with E-state index in [9.17, 15) is 9.59 Å². The Labute approximate surface area is 99.0 Å². The molecule has 1 aromatic rings. The third-order valence-electron chi connectivity index (χ3n) is 2.16. The molecule has 0 radical (unpaired) electrons. The molecule has 1 amide bonds. The topological polar surface area (TPSA) is 99.2 Å². The fraction of sp³-hybridized carbons (Fsp3) is 0.500. The Morgan fingerprint density at radius 1 is 1.65 bits per heavy atom. The maximum Gasteiger partial charge on any atom is 0.332 e. The van der Waals surface area contributed by atoms with Crippen LogP contribution in [0.2, 0.25) is 0 Å². The zero-order valence-corrected chi connectivity index (χ0v) is 9.84. The molecule has 0 saturated carbocycles. The molecule has 3 N–H and O–H groups in total. The smallest absolute Gasteiger partial charge is 0.332 e. The van der Waals surface area contributed by atoms with Crippen LogP contribution in [0.5, 0.6) is 0 Å². The zero-order valence-electron chi connectivity index (χ0n) is 9.84. The van der Waals surface area contributed by atoms with Gasteiger partial charge in [0.15, 0.2) is 6.04 Å². The maximum atomic E-state index is 11.5. The minimum atomic E-state index is -1.30. The molecule has 94 valence electrons. The Bertz CT molecular complexity index is 402. The molecule has 1 unspecified atom stereocenters. The van der Waals surface area contributed by atoms with Crippen LogP contribution in [0.15, 0.2) is 12.4 Å². The molecule has 1 aromatic heterocycles. The zero-order chi connectivity index (χ0) is 12.8. The monoisotopic (exact) mass is 240 g/mol. The van der Waals surface area contributed by atoms with Crippen LogP contribution in [0.25, 0.3) is 0 Å². The molecule has 1 heterocycles. The molecule has 7 heteroatoms. The number of imidazole rings is 1. The summed E-state index contributed by atoms with van der Waals surface area (Å²) in [6.07, 6.45) is 3.37. The van der Waals surface area contributed by atoms with Crippen molar-refractivity contribution in [3.05, 3.63) is 18.2 Å². The number of aryl methyl sites for hydroxylation is 1. The summed E-state index contributed by atoms with van der Waals surface area (Å²) in [6, 6.07) is -1.30. The molecule has 0 fully saturated rings. The number of esters is 1. The minimum Gasteiger partial charge on any atom is -0.464 e. The van der Waals surface area contributed by atoms with Crippen molar-refractivity contribution in [1.82, 2.24) is 14.9 Å². The number of rotatable bonds is 5. The first-order valence-corrected chi connectivity index (χ1v) is 5.22. The molecule has 0 aliphatic rings. The van der Waals surface area contributed by atoms with E-state index in [0.717, 1.165) is 0 Å². The first-order chi connectivity index (χ1) is 8.06. The van der Waals surface area contributed by atoms with Crippen molar-refractivity contribution in [2.75, 3.05) is 6.61 Å². The summed E-state index contributed by atoms with van der Waals surface area (Å²) in [5.41, 5.74) is 5.41. The van der Waals surface area contributed by atoms with Gasteiger partial charge in [0.25, 0.3) is 0 Å². The summed E-state index contributed by atoms with van der Waals surface area (Å²) in [7, 11) is 1.81. The summed E-state index contributed by atoms with van der Waals surface area (Å²) >= 11 is 0. The summed E-state index contributed by atoms with van der Waals surface area (Å²) in [6.45, 7) is 2.06. The lowest BCUT2D eigenvalue weighted by atomic mass is 10.3. The second kappa shape index (κ2) is 6.00. The molecular weight excluding hydrogens is 224 g/mol. The van der Waals surface area contributed by atoms with Gasteiger partial charge in [-0.1, -0.05) is 0 Å². The van der Waals surface area contributed by atoms with Crippen molar-refractivity contribution in [3.8, 4) is 0 Å². The minimum absolute atomic E-state index is 0.194. The highest BCUT2D eigenvalue weighted by atomic mass is 16.5. The number of nitrogens with two attached hydrogens (primary N) is 1. The number of ether oxygens (including phenoxy) is 1. The van der Waals surface area contributed by atoms with E-state index in [1.807, 2.05) is 0 Å². The summed E-state index contributed by atoms with van der Waals surface area (Å²) in [5, 5.41) is 2.52. The molecule has 17 heavy (non-hydrogen) atoms. The van der Waals surface area contributed by atoms with Gasteiger partial charge in [-0.25, -0.2) is 9.78 Å². The molecule has 7 nitrogen and oxygen atoms in total. The van der Waals surface area contributed by atoms with Gasteiger partial charge in [0.1, 0.15) is 5.82 Å². The van der Waals surface area contributed by atoms with Crippen LogP contribution >= 0.6 is 0 Å². The Balaban J connectivity index is 2.44. The number of nitrogens with zero attached hydrogens (tertiary/aromatic N) is 2. The highest BCUT2D eigenvalue weighted by Crippen LogP contribution is 1.94. The first kappa shape index (κ1) is 13.2. The number of amides is 1. The summed E-state index contributed by atoms with van der Waals surface area (Å²) < 4.78 is 6.40. The van der Waals surface area contributed by atoms with Crippen molar-refractivity contribution in [3.63, 3.8) is 0 Å². The average Bonchev–Trinajstić information content (AvgIpc) is 2.71. The van der Waals surface area contributed by atoms with Gasteiger partial charge in [0.2, 0.25) is 5.91 Å². The van der Waals surface area contributed by atoms with Crippen LogP contribution in [0.1, 0.15) is 12.7 Å². The van der Waals surface area contributed by atoms with E-state index >= 15 is 0 Å². The van der Waals surface area contributed by atoms with Crippen LogP contribution < -0.4 is 11.1 Å². The Morgan fingerprint density at radius 3 is 2.88 bits per heavy atom. The highest BCUT2D eigenvalue weighted by molar-refractivity contribution is 6.01. The second-order valence-electron chi connectivity index (χ2n) is 3.40. The van der Waals surface area contributed by atoms with Gasteiger partial charge in [-0.15, -0.1) is 0 Å². The van der Waals surface area contributed by atoms with Gasteiger partial charge in [0, 0.05) is 19.4 Å². The maximum absolute atomic E-state index is 11.5. The van der Waals surface area contributed by atoms with E-state index in [1.165, 1.54) is 0 Å². The molecule has 0 bridgehead atoms. The fourth-order valence-corrected chi connectivity index (χ4v) is 1.18. The molecule has 0 spiro atoms. The van der Waals surface area contributed by atoms with Crippen molar-refractivity contribution in [2.45, 2.75) is 19.5 Å². The number of aromatic nitrogens is 2. The number of hydrogen-bond donors (Lipinski definition) is 2. The lowest BCUT2D eigenvalue weighted by molar-refractivity contribution is -0.148. The quantitative estimate of drug-likeness (QED) is 0.504. The third kappa shape index (κ3) is 3.56. The number of carbonyl (C=O) groups excluding carboxylic acids is 2. The van der Waals surface area contributed by atoms with Gasteiger partial charge in [-0.2, -0.15) is 0 Å². The van der Waals surface area contributed by atoms with Crippen LogP contribution in [0.4, 0.5) is 0 Å². The van der Waals surface area contributed by atoms with Crippen LogP contribution in [0.3, 0.4) is 0 Å². The van der Waals surface area contributed by atoms with E-state index in [-0.39, 0.29) is 13.2 Å². The standard InChI is InChI=1S/C10H16N4O3/c1-3-17-10(16)8(11)9(15)13-6-7-12-4-5-14(7)2/h4-5,8H,3,6,11H2,1-2H3,(H,13,15). The third-order valence-corrected chi connectivity index (χ3v) is 2.16. The number of nitrogens with one attached hydrogen (secondary N) is 1. The Morgan fingerprint density at radius 2 is 2.35 bits per heavy atom. The molecule has 0 aliphatic heterocycles. The molecule has 1 rings (SSSR count).